The van der Waals surface area contributed by atoms with Gasteiger partial charge in [0.1, 0.15) is 6.07 Å². The Morgan fingerprint density at radius 1 is 1.32 bits per heavy atom. The Labute approximate surface area is 130 Å². The van der Waals surface area contributed by atoms with Crippen molar-refractivity contribution in [1.82, 2.24) is 9.62 Å². The number of carbonyl (C=O) groups excluding carboxylic acids is 1. The van der Waals surface area contributed by atoms with Crippen molar-refractivity contribution in [1.29, 1.82) is 5.26 Å². The van der Waals surface area contributed by atoms with Crippen molar-refractivity contribution in [2.24, 2.45) is 0 Å². The highest BCUT2D eigenvalue weighted by molar-refractivity contribution is 7.88. The first kappa shape index (κ1) is 16.3. The van der Waals surface area contributed by atoms with Gasteiger partial charge in [-0.3, -0.25) is 0 Å². The maximum atomic E-state index is 12.0. The van der Waals surface area contributed by atoms with Crippen molar-refractivity contribution >= 4 is 21.7 Å². The van der Waals surface area contributed by atoms with Crippen molar-refractivity contribution in [2.45, 2.75) is 18.9 Å². The first-order valence-corrected chi connectivity index (χ1v) is 8.77. The van der Waals surface area contributed by atoms with E-state index in [1.165, 1.54) is 10.6 Å². The molecule has 2 amide bonds. The van der Waals surface area contributed by atoms with Crippen LogP contribution >= 0.6 is 0 Å². The molecule has 1 aromatic carbocycles. The van der Waals surface area contributed by atoms with Gasteiger partial charge in [0.15, 0.2) is 0 Å². The van der Waals surface area contributed by atoms with Gasteiger partial charge in [0.25, 0.3) is 0 Å². The van der Waals surface area contributed by atoms with Gasteiger partial charge in [-0.05, 0) is 25.0 Å². The standard InChI is InChI=1S/C14H18N4O3S/c1-22(20,21)18-8-6-12(7-9-18)16-14(19)17-13-5-3-2-4-11(13)10-15/h2-5,12H,6-9H2,1H3,(H2,16,17,19). The summed E-state index contributed by atoms with van der Waals surface area (Å²) in [6, 6.07) is 8.29. The number of benzene rings is 1. The quantitative estimate of drug-likeness (QED) is 0.870. The summed E-state index contributed by atoms with van der Waals surface area (Å²) < 4.78 is 24.3. The number of rotatable bonds is 3. The third-order valence-electron chi connectivity index (χ3n) is 3.55. The molecule has 8 heteroatoms. The molecule has 0 bridgehead atoms. The van der Waals surface area contributed by atoms with E-state index < -0.39 is 10.0 Å². The van der Waals surface area contributed by atoms with Crippen LogP contribution in [-0.4, -0.2) is 44.1 Å². The SMILES string of the molecule is CS(=O)(=O)N1CCC(NC(=O)Nc2ccccc2C#N)CC1. The molecule has 0 radical (unpaired) electrons. The molecule has 1 saturated heterocycles. The molecule has 22 heavy (non-hydrogen) atoms. The fourth-order valence-corrected chi connectivity index (χ4v) is 3.24. The van der Waals surface area contributed by atoms with Crippen LogP contribution < -0.4 is 10.6 Å². The smallest absolute Gasteiger partial charge is 0.319 e. The number of anilines is 1. The van der Waals surface area contributed by atoms with Gasteiger partial charge in [-0.15, -0.1) is 0 Å². The summed E-state index contributed by atoms with van der Waals surface area (Å²) in [5, 5.41) is 14.4. The number of hydrogen-bond acceptors (Lipinski definition) is 4. The van der Waals surface area contributed by atoms with E-state index >= 15 is 0 Å². The highest BCUT2D eigenvalue weighted by Crippen LogP contribution is 2.15. The maximum Gasteiger partial charge on any atom is 0.319 e. The Morgan fingerprint density at radius 3 is 2.55 bits per heavy atom. The van der Waals surface area contributed by atoms with E-state index in [2.05, 4.69) is 10.6 Å². The molecule has 2 N–H and O–H groups in total. The van der Waals surface area contributed by atoms with Crippen LogP contribution in [0.2, 0.25) is 0 Å². The molecule has 0 unspecified atom stereocenters. The lowest BCUT2D eigenvalue weighted by Crippen LogP contribution is -2.47. The molecule has 0 aliphatic carbocycles. The molecule has 0 atom stereocenters. The Bertz CT molecular complexity index is 688. The number of piperidine rings is 1. The number of para-hydroxylation sites is 1. The van der Waals surface area contributed by atoms with Crippen LogP contribution in [0.4, 0.5) is 10.5 Å². The summed E-state index contributed by atoms with van der Waals surface area (Å²) in [5.74, 6) is 0. The average Bonchev–Trinajstić information content (AvgIpc) is 2.47. The molecule has 1 heterocycles. The molecule has 7 nitrogen and oxygen atoms in total. The highest BCUT2D eigenvalue weighted by atomic mass is 32.2. The zero-order valence-electron chi connectivity index (χ0n) is 12.2. The summed E-state index contributed by atoms with van der Waals surface area (Å²) in [4.78, 5) is 12.0. The number of carbonyl (C=O) groups is 1. The number of urea groups is 1. The molecule has 1 aliphatic heterocycles. The Hall–Kier alpha value is -2.11. The van der Waals surface area contributed by atoms with Crippen LogP contribution in [0.3, 0.4) is 0 Å². The van der Waals surface area contributed by atoms with E-state index in [9.17, 15) is 13.2 Å². The summed E-state index contributed by atoms with van der Waals surface area (Å²) in [5.41, 5.74) is 0.848. The molecule has 1 aromatic rings. The lowest BCUT2D eigenvalue weighted by atomic mass is 10.1. The van der Waals surface area contributed by atoms with E-state index in [4.69, 9.17) is 5.26 Å². The molecule has 0 aromatic heterocycles. The molecule has 2 rings (SSSR count). The number of nitriles is 1. The van der Waals surface area contributed by atoms with Crippen molar-refractivity contribution in [3.05, 3.63) is 29.8 Å². The van der Waals surface area contributed by atoms with Crippen LogP contribution in [0.5, 0.6) is 0 Å². The van der Waals surface area contributed by atoms with Gasteiger partial charge >= 0.3 is 6.03 Å². The van der Waals surface area contributed by atoms with E-state index in [1.807, 2.05) is 6.07 Å². The first-order valence-electron chi connectivity index (χ1n) is 6.92. The van der Waals surface area contributed by atoms with E-state index in [1.54, 1.807) is 24.3 Å². The summed E-state index contributed by atoms with van der Waals surface area (Å²) in [7, 11) is -3.17. The van der Waals surface area contributed by atoms with Crippen LogP contribution in [0, 0.1) is 11.3 Å². The molecule has 118 valence electrons. The lowest BCUT2D eigenvalue weighted by molar-refractivity contribution is 0.238. The Kier molecular flexibility index (Phi) is 5.00. The van der Waals surface area contributed by atoms with Gasteiger partial charge in [0.05, 0.1) is 17.5 Å². The molecule has 1 aliphatic rings. The van der Waals surface area contributed by atoms with Gasteiger partial charge in [0, 0.05) is 19.1 Å². The van der Waals surface area contributed by atoms with E-state index in [0.29, 0.717) is 37.2 Å². The van der Waals surface area contributed by atoms with Crippen molar-refractivity contribution < 1.29 is 13.2 Å². The number of nitrogens with zero attached hydrogens (tertiary/aromatic N) is 2. The predicted molar refractivity (Wildman–Crippen MR) is 82.8 cm³/mol. The van der Waals surface area contributed by atoms with Gasteiger partial charge < -0.3 is 10.6 Å². The minimum Gasteiger partial charge on any atom is -0.335 e. The maximum absolute atomic E-state index is 12.0. The highest BCUT2D eigenvalue weighted by Gasteiger charge is 2.25. The second kappa shape index (κ2) is 6.77. The monoisotopic (exact) mass is 322 g/mol. The second-order valence-corrected chi connectivity index (χ2v) is 7.17. The fraction of sp³-hybridized carbons (Fsp3) is 0.429. The topological polar surface area (TPSA) is 102 Å². The zero-order valence-corrected chi connectivity index (χ0v) is 13.1. The van der Waals surface area contributed by atoms with Crippen LogP contribution in [0.15, 0.2) is 24.3 Å². The van der Waals surface area contributed by atoms with Crippen molar-refractivity contribution in [3.63, 3.8) is 0 Å². The second-order valence-electron chi connectivity index (χ2n) is 5.19. The third kappa shape index (κ3) is 4.19. The lowest BCUT2D eigenvalue weighted by Gasteiger charge is -2.30. The zero-order chi connectivity index (χ0) is 16.2. The minimum atomic E-state index is -3.17. The average molecular weight is 322 g/mol. The predicted octanol–water partition coefficient (Wildman–Crippen LogP) is 1.10. The summed E-state index contributed by atoms with van der Waals surface area (Å²) >= 11 is 0. The number of sulfonamides is 1. The van der Waals surface area contributed by atoms with Gasteiger partial charge in [-0.25, -0.2) is 17.5 Å². The van der Waals surface area contributed by atoms with Gasteiger partial charge in [-0.2, -0.15) is 5.26 Å². The van der Waals surface area contributed by atoms with Crippen LogP contribution in [0.25, 0.3) is 0 Å². The van der Waals surface area contributed by atoms with Crippen molar-refractivity contribution in [3.8, 4) is 6.07 Å². The molecular formula is C14H18N4O3S. The van der Waals surface area contributed by atoms with Gasteiger partial charge in [0.2, 0.25) is 10.0 Å². The fourth-order valence-electron chi connectivity index (χ4n) is 2.37. The van der Waals surface area contributed by atoms with Crippen molar-refractivity contribution in [2.75, 3.05) is 24.7 Å². The van der Waals surface area contributed by atoms with Gasteiger partial charge in [-0.1, -0.05) is 12.1 Å². The molecule has 0 saturated carbocycles. The third-order valence-corrected chi connectivity index (χ3v) is 4.86. The summed E-state index contributed by atoms with van der Waals surface area (Å²) in [6.45, 7) is 0.803. The largest absolute Gasteiger partial charge is 0.335 e. The summed E-state index contributed by atoms with van der Waals surface area (Å²) in [6.07, 6.45) is 2.33. The number of hydrogen-bond donors (Lipinski definition) is 2. The van der Waals surface area contributed by atoms with E-state index in [-0.39, 0.29) is 12.1 Å². The molecule has 0 spiro atoms. The number of nitrogens with one attached hydrogen (secondary N) is 2. The molecular weight excluding hydrogens is 304 g/mol. The van der Waals surface area contributed by atoms with E-state index in [0.717, 1.165) is 0 Å². The Morgan fingerprint density at radius 2 is 1.95 bits per heavy atom. The number of amides is 2. The van der Waals surface area contributed by atoms with Crippen LogP contribution in [0.1, 0.15) is 18.4 Å². The normalized spacial score (nSPS) is 16.7. The minimum absolute atomic E-state index is 0.0766. The Balaban J connectivity index is 1.88. The van der Waals surface area contributed by atoms with Crippen LogP contribution in [-0.2, 0) is 10.0 Å². The first-order chi connectivity index (χ1) is 10.4. The molecule has 1 fully saturated rings.